The van der Waals surface area contributed by atoms with Crippen LogP contribution >= 0.6 is 11.6 Å². The maximum absolute atomic E-state index is 10.0. The summed E-state index contributed by atoms with van der Waals surface area (Å²) in [6.45, 7) is 5.47. The third-order valence-corrected chi connectivity index (χ3v) is 3.77. The molecule has 1 atom stereocenters. The van der Waals surface area contributed by atoms with Crippen LogP contribution in [-0.4, -0.2) is 20.8 Å². The standard InChI is InChI=1S/C18H19ClN4O2/c1-4-11(2)21-17-15(9-19)16(12(3)24)22-18(23-17)25-14-7-5-6-13(8-14)10-20/h5-8,12,24H,4,9H2,1-3H3. The quantitative estimate of drug-likeness (QED) is 0.609. The third-order valence-electron chi connectivity index (χ3n) is 3.51. The zero-order valence-corrected chi connectivity index (χ0v) is 15.1. The van der Waals surface area contributed by atoms with E-state index in [9.17, 15) is 5.11 Å². The molecule has 0 saturated heterocycles. The van der Waals surface area contributed by atoms with E-state index in [0.717, 1.165) is 12.1 Å². The molecule has 0 aliphatic rings. The molecule has 6 nitrogen and oxygen atoms in total. The smallest absolute Gasteiger partial charge is 0.324 e. The lowest BCUT2D eigenvalue weighted by Crippen LogP contribution is -2.06. The summed E-state index contributed by atoms with van der Waals surface area (Å²) in [5, 5.41) is 19.0. The van der Waals surface area contributed by atoms with Crippen LogP contribution in [0.15, 0.2) is 29.3 Å². The molecule has 0 aliphatic heterocycles. The molecule has 0 bridgehead atoms. The SMILES string of the molecule is CCC(C)=Nc1nc(Oc2cccc(C#N)c2)nc(C(C)O)c1CCl. The summed E-state index contributed by atoms with van der Waals surface area (Å²) >= 11 is 6.02. The Morgan fingerprint density at radius 3 is 2.80 bits per heavy atom. The average molecular weight is 359 g/mol. The highest BCUT2D eigenvalue weighted by atomic mass is 35.5. The molecule has 2 rings (SSSR count). The first kappa shape index (κ1) is 18.8. The molecular weight excluding hydrogens is 340 g/mol. The van der Waals surface area contributed by atoms with Gasteiger partial charge in [-0.15, -0.1) is 11.6 Å². The van der Waals surface area contributed by atoms with E-state index in [-0.39, 0.29) is 11.9 Å². The fourth-order valence-electron chi connectivity index (χ4n) is 2.07. The third kappa shape index (κ3) is 4.75. The van der Waals surface area contributed by atoms with Crippen LogP contribution in [0.1, 0.15) is 50.1 Å². The number of aliphatic hydroxyl groups is 1. The van der Waals surface area contributed by atoms with Gasteiger partial charge < -0.3 is 9.84 Å². The number of rotatable bonds is 6. The summed E-state index contributed by atoms with van der Waals surface area (Å²) in [4.78, 5) is 13.1. The van der Waals surface area contributed by atoms with Gasteiger partial charge in [0.05, 0.1) is 29.3 Å². The van der Waals surface area contributed by atoms with Crippen molar-refractivity contribution in [3.8, 4) is 17.8 Å². The number of benzene rings is 1. The molecule has 1 heterocycles. The molecule has 7 heteroatoms. The molecule has 1 unspecified atom stereocenters. The van der Waals surface area contributed by atoms with Gasteiger partial charge in [0, 0.05) is 11.3 Å². The van der Waals surface area contributed by atoms with Gasteiger partial charge in [0.1, 0.15) is 5.75 Å². The van der Waals surface area contributed by atoms with Gasteiger partial charge in [0.25, 0.3) is 0 Å². The molecule has 0 spiro atoms. The highest BCUT2D eigenvalue weighted by Gasteiger charge is 2.18. The van der Waals surface area contributed by atoms with Crippen molar-refractivity contribution in [2.24, 2.45) is 4.99 Å². The zero-order valence-electron chi connectivity index (χ0n) is 14.3. The van der Waals surface area contributed by atoms with Gasteiger partial charge in [-0.3, -0.25) is 0 Å². The van der Waals surface area contributed by atoms with Crippen molar-refractivity contribution in [2.75, 3.05) is 0 Å². The van der Waals surface area contributed by atoms with Gasteiger partial charge in [0.15, 0.2) is 5.82 Å². The van der Waals surface area contributed by atoms with Crippen molar-refractivity contribution >= 4 is 23.1 Å². The van der Waals surface area contributed by atoms with Crippen molar-refractivity contribution < 1.29 is 9.84 Å². The molecule has 0 fully saturated rings. The lowest BCUT2D eigenvalue weighted by Gasteiger charge is -2.14. The number of hydrogen-bond donors (Lipinski definition) is 1. The second-order valence-electron chi connectivity index (χ2n) is 5.45. The minimum absolute atomic E-state index is 0.0440. The van der Waals surface area contributed by atoms with Gasteiger partial charge in [-0.25, -0.2) is 4.99 Å². The Hall–Kier alpha value is -2.49. The summed E-state index contributed by atoms with van der Waals surface area (Å²) in [6.07, 6.45) is -0.0868. The molecule has 1 aromatic heterocycles. The molecular formula is C18H19ClN4O2. The van der Waals surface area contributed by atoms with Gasteiger partial charge in [-0.2, -0.15) is 15.2 Å². The summed E-state index contributed by atoms with van der Waals surface area (Å²) in [5.74, 6) is 0.934. The maximum atomic E-state index is 10.0. The molecule has 0 amide bonds. The largest absolute Gasteiger partial charge is 0.424 e. The van der Waals surface area contributed by atoms with Crippen molar-refractivity contribution in [1.29, 1.82) is 5.26 Å². The highest BCUT2D eigenvalue weighted by molar-refractivity contribution is 6.17. The molecule has 0 saturated carbocycles. The van der Waals surface area contributed by atoms with E-state index in [1.54, 1.807) is 31.2 Å². The van der Waals surface area contributed by atoms with Crippen LogP contribution in [0.5, 0.6) is 11.8 Å². The molecule has 1 N–H and O–H groups in total. The van der Waals surface area contributed by atoms with E-state index < -0.39 is 6.10 Å². The Bertz CT molecular complexity index is 828. The van der Waals surface area contributed by atoms with E-state index in [1.807, 2.05) is 19.9 Å². The number of nitrogens with zero attached hydrogens (tertiary/aromatic N) is 4. The molecule has 0 radical (unpaired) electrons. The lowest BCUT2D eigenvalue weighted by molar-refractivity contribution is 0.192. The summed E-state index contributed by atoms with van der Waals surface area (Å²) in [7, 11) is 0. The van der Waals surface area contributed by atoms with Crippen LogP contribution in [0.3, 0.4) is 0 Å². The number of nitriles is 1. The highest BCUT2D eigenvalue weighted by Crippen LogP contribution is 2.30. The van der Waals surface area contributed by atoms with E-state index in [1.165, 1.54) is 0 Å². The van der Waals surface area contributed by atoms with Gasteiger partial charge in [0.2, 0.25) is 0 Å². The first-order valence-corrected chi connectivity index (χ1v) is 8.39. The van der Waals surface area contributed by atoms with Gasteiger partial charge in [-0.1, -0.05) is 13.0 Å². The molecule has 1 aromatic carbocycles. The maximum Gasteiger partial charge on any atom is 0.324 e. The second kappa shape index (κ2) is 8.56. The minimum Gasteiger partial charge on any atom is -0.424 e. The number of halogens is 1. The normalized spacial score (nSPS) is 12.6. The molecule has 25 heavy (non-hydrogen) atoms. The van der Waals surface area contributed by atoms with Crippen LogP contribution in [0, 0.1) is 11.3 Å². The fraction of sp³-hybridized carbons (Fsp3) is 0.333. The number of hydrogen-bond acceptors (Lipinski definition) is 6. The Labute approximate surface area is 151 Å². The molecule has 2 aromatic rings. The number of alkyl halides is 1. The van der Waals surface area contributed by atoms with Crippen LogP contribution in [0.2, 0.25) is 0 Å². The first-order chi connectivity index (χ1) is 12.0. The van der Waals surface area contributed by atoms with Crippen LogP contribution < -0.4 is 4.74 Å². The number of ether oxygens (including phenoxy) is 1. The topological polar surface area (TPSA) is 91.4 Å². The van der Waals surface area contributed by atoms with Gasteiger partial charge in [-0.05, 0) is 38.5 Å². The summed E-state index contributed by atoms with van der Waals surface area (Å²) < 4.78 is 5.67. The number of aliphatic imine (C=N–C) groups is 1. The van der Waals surface area contributed by atoms with Gasteiger partial charge >= 0.3 is 6.01 Å². The Kier molecular flexibility index (Phi) is 6.45. The van der Waals surface area contributed by atoms with Crippen molar-refractivity contribution in [3.05, 3.63) is 41.1 Å². The Balaban J connectivity index is 2.52. The minimum atomic E-state index is -0.847. The van der Waals surface area contributed by atoms with Crippen molar-refractivity contribution in [1.82, 2.24) is 9.97 Å². The van der Waals surface area contributed by atoms with Crippen LogP contribution in [0.4, 0.5) is 5.82 Å². The monoisotopic (exact) mass is 358 g/mol. The molecule has 0 aliphatic carbocycles. The summed E-state index contributed by atoms with van der Waals surface area (Å²) in [6, 6.07) is 8.75. The predicted molar refractivity (Wildman–Crippen MR) is 96.5 cm³/mol. The fourth-order valence-corrected chi connectivity index (χ4v) is 2.33. The zero-order chi connectivity index (χ0) is 18.4. The van der Waals surface area contributed by atoms with Crippen molar-refractivity contribution in [2.45, 2.75) is 39.2 Å². The number of aliphatic hydroxyl groups excluding tert-OH is 1. The van der Waals surface area contributed by atoms with Crippen molar-refractivity contribution in [3.63, 3.8) is 0 Å². The van der Waals surface area contributed by atoms with E-state index in [4.69, 9.17) is 21.6 Å². The first-order valence-electron chi connectivity index (χ1n) is 7.85. The average Bonchev–Trinajstić information content (AvgIpc) is 2.61. The number of aromatic nitrogens is 2. The van der Waals surface area contributed by atoms with Crippen LogP contribution in [0.25, 0.3) is 0 Å². The predicted octanol–water partition coefficient (Wildman–Crippen LogP) is 4.44. The Morgan fingerprint density at radius 2 is 2.20 bits per heavy atom. The van der Waals surface area contributed by atoms with Crippen LogP contribution in [-0.2, 0) is 5.88 Å². The molecule has 130 valence electrons. The van der Waals surface area contributed by atoms with E-state index in [2.05, 4.69) is 15.0 Å². The summed E-state index contributed by atoms with van der Waals surface area (Å²) in [5.41, 5.74) is 2.28. The second-order valence-corrected chi connectivity index (χ2v) is 5.71. The Morgan fingerprint density at radius 1 is 1.44 bits per heavy atom. The van der Waals surface area contributed by atoms with E-state index in [0.29, 0.717) is 28.4 Å². The van der Waals surface area contributed by atoms with E-state index >= 15 is 0 Å². The lowest BCUT2D eigenvalue weighted by atomic mass is 10.1.